The summed E-state index contributed by atoms with van der Waals surface area (Å²) in [4.78, 5) is 0. The Morgan fingerprint density at radius 3 is 2.62 bits per heavy atom. The van der Waals surface area contributed by atoms with Crippen molar-refractivity contribution in [3.05, 3.63) is 23.8 Å². The molecule has 0 bridgehead atoms. The molecule has 1 rings (SSSR count). The molecule has 80 valence electrons. The van der Waals surface area contributed by atoms with Crippen molar-refractivity contribution in [3.8, 4) is 17.9 Å². The third-order valence-corrected chi connectivity index (χ3v) is 2.00. The average molecular weight is 214 g/mol. The summed E-state index contributed by atoms with van der Waals surface area (Å²) in [6.07, 6.45) is 0. The SMILES string of the molecule is COc1cccc(NN=C(C#N)C#N)c1C. The lowest BCUT2D eigenvalue weighted by molar-refractivity contribution is 0.412. The molecular weight excluding hydrogens is 204 g/mol. The second kappa shape index (κ2) is 5.38. The molecule has 0 aliphatic carbocycles. The van der Waals surface area contributed by atoms with Gasteiger partial charge in [-0.2, -0.15) is 15.6 Å². The molecule has 0 saturated heterocycles. The molecule has 0 unspecified atom stereocenters. The lowest BCUT2D eigenvalue weighted by Gasteiger charge is -2.08. The summed E-state index contributed by atoms with van der Waals surface area (Å²) in [5.41, 5.74) is 3.99. The van der Waals surface area contributed by atoms with Crippen LogP contribution >= 0.6 is 0 Å². The average Bonchev–Trinajstić information content (AvgIpc) is 2.32. The normalized spacial score (nSPS) is 8.50. The summed E-state index contributed by atoms with van der Waals surface area (Å²) in [5, 5.41) is 20.7. The Labute approximate surface area is 93.6 Å². The van der Waals surface area contributed by atoms with Crippen LogP contribution < -0.4 is 10.2 Å². The molecule has 0 heterocycles. The molecule has 1 aromatic carbocycles. The van der Waals surface area contributed by atoms with Crippen molar-refractivity contribution in [2.45, 2.75) is 6.92 Å². The van der Waals surface area contributed by atoms with Crippen LogP contribution in [0.15, 0.2) is 23.3 Å². The molecule has 0 aliphatic heterocycles. The van der Waals surface area contributed by atoms with Gasteiger partial charge in [0.25, 0.3) is 0 Å². The Kier molecular flexibility index (Phi) is 3.88. The summed E-state index contributed by atoms with van der Waals surface area (Å²) < 4.78 is 5.13. The van der Waals surface area contributed by atoms with Crippen LogP contribution in [-0.2, 0) is 0 Å². The first-order valence-electron chi connectivity index (χ1n) is 4.50. The molecular formula is C11H10N4O. The standard InChI is InChI=1S/C11H10N4O/c1-8-10(4-3-5-11(8)16-2)15-14-9(6-12)7-13/h3-5,15H,1-2H3. The van der Waals surface area contributed by atoms with Crippen molar-refractivity contribution in [1.82, 2.24) is 0 Å². The number of hydrogen-bond acceptors (Lipinski definition) is 5. The third-order valence-electron chi connectivity index (χ3n) is 2.00. The van der Waals surface area contributed by atoms with E-state index in [1.807, 2.05) is 13.0 Å². The number of anilines is 1. The van der Waals surface area contributed by atoms with Crippen LogP contribution in [0.5, 0.6) is 5.75 Å². The monoisotopic (exact) mass is 214 g/mol. The quantitative estimate of drug-likeness (QED) is 0.614. The molecule has 0 aliphatic rings. The number of hydrazone groups is 1. The molecule has 5 nitrogen and oxygen atoms in total. The highest BCUT2D eigenvalue weighted by Gasteiger charge is 2.03. The fourth-order valence-electron chi connectivity index (χ4n) is 1.15. The molecule has 0 aromatic heterocycles. The van der Waals surface area contributed by atoms with E-state index in [4.69, 9.17) is 15.3 Å². The fourth-order valence-corrected chi connectivity index (χ4v) is 1.15. The summed E-state index contributed by atoms with van der Waals surface area (Å²) in [7, 11) is 1.57. The minimum absolute atomic E-state index is 0.220. The van der Waals surface area contributed by atoms with Gasteiger partial charge in [0.05, 0.1) is 12.8 Å². The van der Waals surface area contributed by atoms with Crippen LogP contribution in [-0.4, -0.2) is 12.8 Å². The van der Waals surface area contributed by atoms with Crippen LogP contribution in [0, 0.1) is 29.6 Å². The lowest BCUT2D eigenvalue weighted by Crippen LogP contribution is -1.99. The molecule has 0 radical (unpaired) electrons. The van der Waals surface area contributed by atoms with E-state index < -0.39 is 0 Å². The third kappa shape index (κ3) is 2.49. The molecule has 1 aromatic rings. The van der Waals surface area contributed by atoms with E-state index in [1.165, 1.54) is 0 Å². The van der Waals surface area contributed by atoms with Crippen LogP contribution in [0.25, 0.3) is 0 Å². The van der Waals surface area contributed by atoms with Crippen LogP contribution in [0.3, 0.4) is 0 Å². The van der Waals surface area contributed by atoms with Crippen LogP contribution in [0.1, 0.15) is 5.56 Å². The van der Waals surface area contributed by atoms with Crippen LogP contribution in [0.2, 0.25) is 0 Å². The van der Waals surface area contributed by atoms with E-state index in [0.29, 0.717) is 5.69 Å². The van der Waals surface area contributed by atoms with Crippen molar-refractivity contribution in [2.24, 2.45) is 5.10 Å². The molecule has 0 atom stereocenters. The highest BCUT2D eigenvalue weighted by atomic mass is 16.5. The van der Waals surface area contributed by atoms with E-state index in [2.05, 4.69) is 10.5 Å². The van der Waals surface area contributed by atoms with Gasteiger partial charge in [-0.1, -0.05) is 6.07 Å². The molecule has 5 heteroatoms. The topological polar surface area (TPSA) is 81.2 Å². The van der Waals surface area contributed by atoms with Gasteiger partial charge in [-0.3, -0.25) is 5.43 Å². The Morgan fingerprint density at radius 1 is 1.38 bits per heavy atom. The van der Waals surface area contributed by atoms with Gasteiger partial charge in [0.15, 0.2) is 0 Å². The predicted molar refractivity (Wildman–Crippen MR) is 60.0 cm³/mol. The van der Waals surface area contributed by atoms with Crippen LogP contribution in [0.4, 0.5) is 5.69 Å². The van der Waals surface area contributed by atoms with E-state index in [1.54, 1.807) is 31.4 Å². The minimum Gasteiger partial charge on any atom is -0.496 e. The molecule has 0 spiro atoms. The Hall–Kier alpha value is -2.53. The van der Waals surface area contributed by atoms with E-state index in [0.717, 1.165) is 11.3 Å². The molecule has 0 amide bonds. The Morgan fingerprint density at radius 2 is 2.06 bits per heavy atom. The number of nitrogens with one attached hydrogen (secondary N) is 1. The zero-order valence-corrected chi connectivity index (χ0v) is 8.98. The highest BCUT2D eigenvalue weighted by molar-refractivity contribution is 6.10. The number of rotatable bonds is 3. The van der Waals surface area contributed by atoms with E-state index in [9.17, 15) is 0 Å². The van der Waals surface area contributed by atoms with Gasteiger partial charge in [0.1, 0.15) is 17.9 Å². The fraction of sp³-hybridized carbons (Fsp3) is 0.182. The Balaban J connectivity index is 2.96. The van der Waals surface area contributed by atoms with Gasteiger partial charge < -0.3 is 4.74 Å². The summed E-state index contributed by atoms with van der Waals surface area (Å²) in [6.45, 7) is 1.86. The number of nitrogens with zero attached hydrogens (tertiary/aromatic N) is 3. The summed E-state index contributed by atoms with van der Waals surface area (Å²) >= 11 is 0. The van der Waals surface area contributed by atoms with Gasteiger partial charge in [0, 0.05) is 5.56 Å². The maximum absolute atomic E-state index is 8.51. The van der Waals surface area contributed by atoms with Gasteiger partial charge in [0.2, 0.25) is 5.71 Å². The zero-order valence-electron chi connectivity index (χ0n) is 8.98. The van der Waals surface area contributed by atoms with Crippen molar-refractivity contribution < 1.29 is 4.74 Å². The van der Waals surface area contributed by atoms with Crippen molar-refractivity contribution >= 4 is 11.4 Å². The summed E-state index contributed by atoms with van der Waals surface area (Å²) in [6, 6.07) is 8.73. The van der Waals surface area contributed by atoms with E-state index >= 15 is 0 Å². The number of methoxy groups -OCH3 is 1. The lowest BCUT2D eigenvalue weighted by atomic mass is 10.2. The van der Waals surface area contributed by atoms with Gasteiger partial charge in [-0.05, 0) is 19.1 Å². The van der Waals surface area contributed by atoms with Crippen molar-refractivity contribution in [1.29, 1.82) is 10.5 Å². The molecule has 0 saturated carbocycles. The molecule has 0 fully saturated rings. The van der Waals surface area contributed by atoms with Gasteiger partial charge in [-0.25, -0.2) is 0 Å². The van der Waals surface area contributed by atoms with Gasteiger partial charge in [-0.15, -0.1) is 0 Å². The second-order valence-corrected chi connectivity index (χ2v) is 2.93. The number of hydrogen-bond donors (Lipinski definition) is 1. The maximum atomic E-state index is 8.51. The highest BCUT2D eigenvalue weighted by Crippen LogP contribution is 2.24. The Bertz CT molecular complexity index is 478. The second-order valence-electron chi connectivity index (χ2n) is 2.93. The first kappa shape index (κ1) is 11.5. The number of nitriles is 2. The van der Waals surface area contributed by atoms with Crippen molar-refractivity contribution in [3.63, 3.8) is 0 Å². The maximum Gasteiger partial charge on any atom is 0.237 e. The number of ether oxygens (including phenoxy) is 1. The molecule has 16 heavy (non-hydrogen) atoms. The smallest absolute Gasteiger partial charge is 0.237 e. The predicted octanol–water partition coefficient (Wildman–Crippen LogP) is 1.82. The number of benzene rings is 1. The minimum atomic E-state index is -0.220. The zero-order chi connectivity index (χ0) is 12.0. The van der Waals surface area contributed by atoms with Gasteiger partial charge >= 0.3 is 0 Å². The van der Waals surface area contributed by atoms with Crippen molar-refractivity contribution in [2.75, 3.05) is 12.5 Å². The largest absolute Gasteiger partial charge is 0.496 e. The van der Waals surface area contributed by atoms with E-state index in [-0.39, 0.29) is 5.71 Å². The molecule has 1 N–H and O–H groups in total. The first-order chi connectivity index (χ1) is 7.72. The summed E-state index contributed by atoms with van der Waals surface area (Å²) in [5.74, 6) is 0.718. The first-order valence-corrected chi connectivity index (χ1v) is 4.50.